The Balaban J connectivity index is 1.70. The summed E-state index contributed by atoms with van der Waals surface area (Å²) in [5.74, 6) is 0.713. The van der Waals surface area contributed by atoms with Gasteiger partial charge in [0.1, 0.15) is 0 Å². The molecule has 0 saturated carbocycles. The van der Waals surface area contributed by atoms with E-state index >= 15 is 0 Å². The molecule has 3 rings (SSSR count). The lowest BCUT2D eigenvalue weighted by Gasteiger charge is -2.43. The van der Waals surface area contributed by atoms with Crippen LogP contribution >= 0.6 is 0 Å². The van der Waals surface area contributed by atoms with E-state index in [4.69, 9.17) is 0 Å². The van der Waals surface area contributed by atoms with Crippen LogP contribution in [-0.2, 0) is 6.54 Å². The van der Waals surface area contributed by atoms with Crippen molar-refractivity contribution in [1.82, 2.24) is 24.3 Å². The van der Waals surface area contributed by atoms with E-state index in [2.05, 4.69) is 44.2 Å². The third-order valence-corrected chi connectivity index (χ3v) is 4.72. The van der Waals surface area contributed by atoms with Gasteiger partial charge in [-0.15, -0.1) is 0 Å². The first kappa shape index (κ1) is 17.1. The Bertz CT molecular complexity index is 627. The number of aromatic nitrogens is 3. The molecule has 1 fully saturated rings. The molecule has 130 valence electrons. The molecule has 0 spiro atoms. The molecular weight excluding hydrogens is 302 g/mol. The summed E-state index contributed by atoms with van der Waals surface area (Å²) < 4.78 is 2.05. The second-order valence-corrected chi connectivity index (χ2v) is 6.65. The first-order valence-corrected chi connectivity index (χ1v) is 8.71. The predicted octanol–water partition coefficient (Wildman–Crippen LogP) is 1.54. The zero-order chi connectivity index (χ0) is 16.9. The van der Waals surface area contributed by atoms with Gasteiger partial charge in [-0.1, -0.05) is 0 Å². The highest BCUT2D eigenvalue weighted by Crippen LogP contribution is 2.19. The van der Waals surface area contributed by atoms with E-state index in [1.165, 1.54) is 5.69 Å². The normalized spacial score (nSPS) is 19.9. The van der Waals surface area contributed by atoms with Gasteiger partial charge in [0.2, 0.25) is 5.95 Å². The van der Waals surface area contributed by atoms with Crippen molar-refractivity contribution >= 4 is 0 Å². The van der Waals surface area contributed by atoms with Crippen molar-refractivity contribution in [2.75, 3.05) is 26.2 Å². The number of nitrogens with zero attached hydrogens (tertiary/aromatic N) is 5. The van der Waals surface area contributed by atoms with Gasteiger partial charge >= 0.3 is 0 Å². The van der Waals surface area contributed by atoms with E-state index in [0.29, 0.717) is 18.0 Å². The van der Waals surface area contributed by atoms with E-state index in [1.807, 2.05) is 18.3 Å². The van der Waals surface area contributed by atoms with Gasteiger partial charge in [-0.25, -0.2) is 9.97 Å². The summed E-state index contributed by atoms with van der Waals surface area (Å²) in [4.78, 5) is 13.7. The van der Waals surface area contributed by atoms with Crippen LogP contribution in [0.3, 0.4) is 0 Å². The van der Waals surface area contributed by atoms with Gasteiger partial charge in [-0.2, -0.15) is 0 Å². The fourth-order valence-electron chi connectivity index (χ4n) is 3.55. The second-order valence-electron chi connectivity index (χ2n) is 6.65. The first-order chi connectivity index (χ1) is 11.7. The van der Waals surface area contributed by atoms with Crippen LogP contribution in [0.25, 0.3) is 5.95 Å². The Hall–Kier alpha value is -1.76. The Morgan fingerprint density at radius 1 is 1.21 bits per heavy atom. The van der Waals surface area contributed by atoms with Crippen LogP contribution in [0.15, 0.2) is 36.8 Å². The quantitative estimate of drug-likeness (QED) is 0.871. The SMILES string of the molecule is CC(C)N1CCN(Cc2cccn2-c2ncccn2)C[C@@H]1CCO. The maximum absolute atomic E-state index is 9.39. The van der Waals surface area contributed by atoms with Crippen LogP contribution in [-0.4, -0.2) is 67.8 Å². The van der Waals surface area contributed by atoms with Gasteiger partial charge in [-0.3, -0.25) is 14.4 Å². The molecule has 1 saturated heterocycles. The molecule has 0 unspecified atom stereocenters. The van der Waals surface area contributed by atoms with Crippen LogP contribution in [0, 0.1) is 0 Å². The van der Waals surface area contributed by atoms with Crippen molar-refractivity contribution < 1.29 is 5.11 Å². The van der Waals surface area contributed by atoms with Crippen molar-refractivity contribution in [2.45, 2.75) is 38.9 Å². The zero-order valence-corrected chi connectivity index (χ0v) is 14.5. The Labute approximate surface area is 143 Å². The monoisotopic (exact) mass is 329 g/mol. The topological polar surface area (TPSA) is 57.4 Å². The molecule has 2 aromatic heterocycles. The Kier molecular flexibility index (Phi) is 5.60. The standard InChI is InChI=1S/C18H27N5O/c1-15(2)22-11-10-21(14-17(22)6-12-24)13-16-5-3-9-23(16)18-19-7-4-8-20-18/h3-5,7-9,15,17,24H,6,10-14H2,1-2H3/t17-/m0/s1. The molecule has 1 N–H and O–H groups in total. The largest absolute Gasteiger partial charge is 0.396 e. The van der Waals surface area contributed by atoms with Crippen LogP contribution in [0.4, 0.5) is 0 Å². The van der Waals surface area contributed by atoms with E-state index < -0.39 is 0 Å². The fourth-order valence-corrected chi connectivity index (χ4v) is 3.55. The summed E-state index contributed by atoms with van der Waals surface area (Å²) in [5, 5.41) is 9.39. The number of rotatable bonds is 6. The van der Waals surface area contributed by atoms with Crippen molar-refractivity contribution in [2.24, 2.45) is 0 Å². The molecular formula is C18H27N5O. The lowest BCUT2D eigenvalue weighted by Crippen LogP contribution is -2.55. The van der Waals surface area contributed by atoms with Gasteiger partial charge in [0.05, 0.1) is 0 Å². The second kappa shape index (κ2) is 7.88. The maximum Gasteiger partial charge on any atom is 0.233 e. The number of piperazine rings is 1. The molecule has 0 amide bonds. The predicted molar refractivity (Wildman–Crippen MR) is 94.0 cm³/mol. The summed E-state index contributed by atoms with van der Waals surface area (Å²) in [6.45, 7) is 8.66. The zero-order valence-electron chi connectivity index (χ0n) is 14.5. The summed E-state index contributed by atoms with van der Waals surface area (Å²) in [5.41, 5.74) is 1.20. The van der Waals surface area contributed by atoms with E-state index in [-0.39, 0.29) is 6.61 Å². The molecule has 2 aromatic rings. The molecule has 1 atom stereocenters. The minimum atomic E-state index is 0.246. The Morgan fingerprint density at radius 2 is 2.00 bits per heavy atom. The van der Waals surface area contributed by atoms with Crippen LogP contribution in [0.5, 0.6) is 0 Å². The van der Waals surface area contributed by atoms with E-state index in [9.17, 15) is 5.11 Å². The van der Waals surface area contributed by atoms with E-state index in [1.54, 1.807) is 12.4 Å². The van der Waals surface area contributed by atoms with Gasteiger partial charge < -0.3 is 5.11 Å². The van der Waals surface area contributed by atoms with E-state index in [0.717, 1.165) is 32.6 Å². The highest BCUT2D eigenvalue weighted by molar-refractivity contribution is 5.20. The maximum atomic E-state index is 9.39. The summed E-state index contributed by atoms with van der Waals surface area (Å²) in [7, 11) is 0. The molecule has 1 aliphatic rings. The van der Waals surface area contributed by atoms with Crippen molar-refractivity contribution in [1.29, 1.82) is 0 Å². The Morgan fingerprint density at radius 3 is 2.71 bits per heavy atom. The molecule has 3 heterocycles. The first-order valence-electron chi connectivity index (χ1n) is 8.71. The molecule has 24 heavy (non-hydrogen) atoms. The molecule has 1 aliphatic heterocycles. The molecule has 6 nitrogen and oxygen atoms in total. The van der Waals surface area contributed by atoms with Gasteiger partial charge in [0.25, 0.3) is 0 Å². The van der Waals surface area contributed by atoms with Crippen molar-refractivity contribution in [3.8, 4) is 5.95 Å². The smallest absolute Gasteiger partial charge is 0.233 e. The molecule has 0 bridgehead atoms. The van der Waals surface area contributed by atoms with Crippen LogP contribution < -0.4 is 0 Å². The number of hydrogen-bond donors (Lipinski definition) is 1. The lowest BCUT2D eigenvalue weighted by atomic mass is 10.1. The number of hydrogen-bond acceptors (Lipinski definition) is 5. The molecule has 0 radical (unpaired) electrons. The average Bonchev–Trinajstić information content (AvgIpc) is 3.04. The number of aliphatic hydroxyl groups excluding tert-OH is 1. The van der Waals surface area contributed by atoms with Gasteiger partial charge in [0.15, 0.2) is 0 Å². The third-order valence-electron chi connectivity index (χ3n) is 4.72. The highest BCUT2D eigenvalue weighted by atomic mass is 16.3. The van der Waals surface area contributed by atoms with Crippen molar-refractivity contribution in [3.63, 3.8) is 0 Å². The van der Waals surface area contributed by atoms with Gasteiger partial charge in [0, 0.05) is 69.2 Å². The summed E-state index contributed by atoms with van der Waals surface area (Å²) >= 11 is 0. The molecule has 0 aromatic carbocycles. The minimum absolute atomic E-state index is 0.246. The average molecular weight is 329 g/mol. The summed E-state index contributed by atoms with van der Waals surface area (Å²) in [6, 6.07) is 6.94. The van der Waals surface area contributed by atoms with Crippen LogP contribution in [0.2, 0.25) is 0 Å². The number of aliphatic hydroxyl groups is 1. The van der Waals surface area contributed by atoms with Crippen LogP contribution in [0.1, 0.15) is 26.0 Å². The minimum Gasteiger partial charge on any atom is -0.396 e. The highest BCUT2D eigenvalue weighted by Gasteiger charge is 2.28. The van der Waals surface area contributed by atoms with Crippen molar-refractivity contribution in [3.05, 3.63) is 42.5 Å². The lowest BCUT2D eigenvalue weighted by molar-refractivity contribution is 0.0342. The molecule has 6 heteroatoms. The van der Waals surface area contributed by atoms with Gasteiger partial charge in [-0.05, 0) is 38.5 Å². The fraction of sp³-hybridized carbons (Fsp3) is 0.556. The third kappa shape index (κ3) is 3.83. The molecule has 0 aliphatic carbocycles. The summed E-state index contributed by atoms with van der Waals surface area (Å²) in [6.07, 6.45) is 6.38.